The summed E-state index contributed by atoms with van der Waals surface area (Å²) in [6, 6.07) is 7.03. The molecular weight excluding hydrogens is 264 g/mol. The Labute approximate surface area is 112 Å². The maximum absolute atomic E-state index is 10.9. The second-order valence-corrected chi connectivity index (χ2v) is 4.77. The van der Waals surface area contributed by atoms with Gasteiger partial charge in [-0.2, -0.15) is 16.3 Å². The predicted molar refractivity (Wildman–Crippen MR) is 72.6 cm³/mol. The number of hydrogen-bond donors (Lipinski definition) is 2. The molecule has 0 aliphatic rings. The molecule has 0 saturated carbocycles. The number of rotatable bonds is 4. The van der Waals surface area contributed by atoms with Crippen LogP contribution < -0.4 is 5.32 Å². The molecule has 96 valence electrons. The van der Waals surface area contributed by atoms with Gasteiger partial charge in [0.25, 0.3) is 6.01 Å². The second-order valence-electron chi connectivity index (χ2n) is 3.99. The van der Waals surface area contributed by atoms with E-state index < -0.39 is 5.97 Å². The zero-order valence-corrected chi connectivity index (χ0v) is 10.6. The number of nitrogens with zero attached hydrogens (tertiary/aromatic N) is 1. The number of carboxylic acid groups (broad SMARTS) is 1. The maximum atomic E-state index is 10.9. The summed E-state index contributed by atoms with van der Waals surface area (Å²) in [5.41, 5.74) is 2.44. The van der Waals surface area contributed by atoms with E-state index in [1.165, 1.54) is 12.1 Å². The van der Waals surface area contributed by atoms with Crippen molar-refractivity contribution < 1.29 is 14.3 Å². The molecule has 5 nitrogen and oxygen atoms in total. The highest BCUT2D eigenvalue weighted by Crippen LogP contribution is 2.21. The minimum Gasteiger partial charge on any atom is -0.478 e. The summed E-state index contributed by atoms with van der Waals surface area (Å²) in [6.45, 7) is 0.627. The van der Waals surface area contributed by atoms with Crippen molar-refractivity contribution in [1.29, 1.82) is 0 Å². The lowest BCUT2D eigenvalue weighted by atomic mass is 10.2. The average molecular weight is 274 g/mol. The number of thiophene rings is 1. The summed E-state index contributed by atoms with van der Waals surface area (Å²) >= 11 is 1.63. The van der Waals surface area contributed by atoms with E-state index in [1.54, 1.807) is 17.4 Å². The van der Waals surface area contributed by atoms with E-state index in [2.05, 4.69) is 10.3 Å². The Morgan fingerprint density at radius 3 is 3.05 bits per heavy atom. The molecule has 0 spiro atoms. The lowest BCUT2D eigenvalue weighted by Gasteiger charge is -1.97. The average Bonchev–Trinajstić information content (AvgIpc) is 3.04. The monoisotopic (exact) mass is 274 g/mol. The molecule has 0 bridgehead atoms. The molecular formula is C13H10N2O3S. The zero-order chi connectivity index (χ0) is 13.2. The number of benzene rings is 1. The Morgan fingerprint density at radius 2 is 2.32 bits per heavy atom. The number of carbonyl (C=O) groups is 1. The first-order valence-corrected chi connectivity index (χ1v) is 6.55. The quantitative estimate of drug-likeness (QED) is 0.764. The van der Waals surface area contributed by atoms with Crippen LogP contribution in [-0.4, -0.2) is 16.1 Å². The number of carboxylic acids is 1. The van der Waals surface area contributed by atoms with Gasteiger partial charge in [0.1, 0.15) is 5.52 Å². The van der Waals surface area contributed by atoms with Crippen molar-refractivity contribution in [3.63, 3.8) is 0 Å². The van der Waals surface area contributed by atoms with Crippen LogP contribution in [0.5, 0.6) is 0 Å². The van der Waals surface area contributed by atoms with Crippen LogP contribution in [0.15, 0.2) is 39.4 Å². The highest BCUT2D eigenvalue weighted by atomic mass is 32.1. The minimum absolute atomic E-state index is 0.188. The highest BCUT2D eigenvalue weighted by Gasteiger charge is 2.09. The maximum Gasteiger partial charge on any atom is 0.335 e. The fraction of sp³-hybridized carbons (Fsp3) is 0.0769. The molecule has 3 rings (SSSR count). The van der Waals surface area contributed by atoms with Gasteiger partial charge in [0, 0.05) is 6.54 Å². The third-order valence-electron chi connectivity index (χ3n) is 2.66. The van der Waals surface area contributed by atoms with Crippen LogP contribution in [0, 0.1) is 0 Å². The topological polar surface area (TPSA) is 75.4 Å². The van der Waals surface area contributed by atoms with Crippen LogP contribution in [0.2, 0.25) is 0 Å². The molecule has 2 aromatic heterocycles. The number of aromatic carboxylic acids is 1. The second kappa shape index (κ2) is 4.74. The van der Waals surface area contributed by atoms with E-state index in [1.807, 2.05) is 16.8 Å². The smallest absolute Gasteiger partial charge is 0.335 e. The van der Waals surface area contributed by atoms with Gasteiger partial charge in [0.15, 0.2) is 5.58 Å². The van der Waals surface area contributed by atoms with Gasteiger partial charge >= 0.3 is 5.97 Å². The van der Waals surface area contributed by atoms with E-state index >= 15 is 0 Å². The number of hydrogen-bond acceptors (Lipinski definition) is 5. The number of anilines is 1. The Bertz CT molecular complexity index is 719. The van der Waals surface area contributed by atoms with Crippen LogP contribution in [0.3, 0.4) is 0 Å². The number of aromatic nitrogens is 1. The molecule has 6 heteroatoms. The molecule has 1 aromatic carbocycles. The van der Waals surface area contributed by atoms with Gasteiger partial charge in [0.2, 0.25) is 0 Å². The molecule has 0 radical (unpaired) electrons. The lowest BCUT2D eigenvalue weighted by Crippen LogP contribution is -1.97. The third kappa shape index (κ3) is 2.43. The molecule has 2 N–H and O–H groups in total. The first-order valence-electron chi connectivity index (χ1n) is 5.61. The van der Waals surface area contributed by atoms with Crippen molar-refractivity contribution in [2.75, 3.05) is 5.32 Å². The molecule has 0 amide bonds. The van der Waals surface area contributed by atoms with Gasteiger partial charge in [0.05, 0.1) is 5.56 Å². The molecule has 0 atom stereocenters. The lowest BCUT2D eigenvalue weighted by molar-refractivity contribution is 0.0697. The van der Waals surface area contributed by atoms with Gasteiger partial charge in [-0.1, -0.05) is 0 Å². The molecule has 2 heterocycles. The van der Waals surface area contributed by atoms with Crippen molar-refractivity contribution in [2.45, 2.75) is 6.54 Å². The van der Waals surface area contributed by atoms with Crippen molar-refractivity contribution in [1.82, 2.24) is 4.98 Å². The highest BCUT2D eigenvalue weighted by molar-refractivity contribution is 7.07. The molecule has 0 aliphatic heterocycles. The summed E-state index contributed by atoms with van der Waals surface area (Å²) in [5.74, 6) is -0.980. The normalized spacial score (nSPS) is 10.7. The summed E-state index contributed by atoms with van der Waals surface area (Å²) < 4.78 is 5.47. The Morgan fingerprint density at radius 1 is 1.42 bits per heavy atom. The van der Waals surface area contributed by atoms with E-state index in [0.29, 0.717) is 23.7 Å². The Balaban J connectivity index is 1.83. The zero-order valence-electron chi connectivity index (χ0n) is 9.79. The Kier molecular flexibility index (Phi) is 2.92. The summed E-state index contributed by atoms with van der Waals surface area (Å²) in [4.78, 5) is 15.1. The third-order valence-corrected chi connectivity index (χ3v) is 3.39. The van der Waals surface area contributed by atoms with Crippen LogP contribution in [0.1, 0.15) is 15.9 Å². The Hall–Kier alpha value is -2.34. The first-order chi connectivity index (χ1) is 9.22. The van der Waals surface area contributed by atoms with Gasteiger partial charge in [-0.25, -0.2) is 4.79 Å². The van der Waals surface area contributed by atoms with Crippen molar-refractivity contribution >= 4 is 34.4 Å². The van der Waals surface area contributed by atoms with Crippen molar-refractivity contribution in [3.05, 3.63) is 46.2 Å². The van der Waals surface area contributed by atoms with Crippen LogP contribution >= 0.6 is 11.3 Å². The van der Waals surface area contributed by atoms with Crippen molar-refractivity contribution in [2.24, 2.45) is 0 Å². The van der Waals surface area contributed by atoms with Crippen LogP contribution in [-0.2, 0) is 6.54 Å². The number of fused-ring (bicyclic) bond motifs is 1. The molecule has 0 saturated heterocycles. The van der Waals surface area contributed by atoms with E-state index in [9.17, 15) is 4.79 Å². The molecule has 3 aromatic rings. The fourth-order valence-electron chi connectivity index (χ4n) is 1.70. The summed E-state index contributed by atoms with van der Waals surface area (Å²) in [7, 11) is 0. The molecule has 0 unspecified atom stereocenters. The number of nitrogens with one attached hydrogen (secondary N) is 1. The largest absolute Gasteiger partial charge is 0.478 e. The van der Waals surface area contributed by atoms with E-state index in [4.69, 9.17) is 9.52 Å². The summed E-state index contributed by atoms with van der Waals surface area (Å²) in [6.07, 6.45) is 0. The molecule has 19 heavy (non-hydrogen) atoms. The fourth-order valence-corrected chi connectivity index (χ4v) is 2.37. The standard InChI is InChI=1S/C13H10N2O3S/c16-12(17)9-1-2-10-11(5-9)18-13(15-10)14-6-8-3-4-19-7-8/h1-5,7H,6H2,(H,14,15)(H,16,17). The first kappa shape index (κ1) is 11.7. The van der Waals surface area contributed by atoms with Gasteiger partial charge in [-0.15, -0.1) is 0 Å². The number of oxazole rings is 1. The van der Waals surface area contributed by atoms with Gasteiger partial charge < -0.3 is 14.8 Å². The summed E-state index contributed by atoms with van der Waals surface area (Å²) in [5, 5.41) is 16.0. The van der Waals surface area contributed by atoms with Crippen molar-refractivity contribution in [3.8, 4) is 0 Å². The van der Waals surface area contributed by atoms with Crippen LogP contribution in [0.4, 0.5) is 6.01 Å². The minimum atomic E-state index is -0.980. The SMILES string of the molecule is O=C(O)c1ccc2nc(NCc3ccsc3)oc2c1. The van der Waals surface area contributed by atoms with E-state index in [-0.39, 0.29) is 5.56 Å². The molecule has 0 aliphatic carbocycles. The van der Waals surface area contributed by atoms with E-state index in [0.717, 1.165) is 5.56 Å². The predicted octanol–water partition coefficient (Wildman–Crippen LogP) is 3.20. The van der Waals surface area contributed by atoms with Gasteiger partial charge in [-0.05, 0) is 40.6 Å². The van der Waals surface area contributed by atoms with Gasteiger partial charge in [-0.3, -0.25) is 0 Å². The van der Waals surface area contributed by atoms with Crippen LogP contribution in [0.25, 0.3) is 11.1 Å². The molecule has 0 fully saturated rings.